The van der Waals surface area contributed by atoms with Crippen molar-refractivity contribution in [1.29, 1.82) is 0 Å². The van der Waals surface area contributed by atoms with E-state index < -0.39 is 0 Å². The van der Waals surface area contributed by atoms with Gasteiger partial charge in [-0.25, -0.2) is 0 Å². The monoisotopic (exact) mass is 263 g/mol. The molecule has 0 radical (unpaired) electrons. The van der Waals surface area contributed by atoms with Gasteiger partial charge in [-0.2, -0.15) is 0 Å². The Labute approximate surface area is 108 Å². The molecule has 0 rings (SSSR count). The van der Waals surface area contributed by atoms with Gasteiger partial charge in [0.1, 0.15) is 0 Å². The molecule has 96 valence electrons. The van der Waals surface area contributed by atoms with E-state index in [2.05, 4.69) is 19.2 Å². The summed E-state index contributed by atoms with van der Waals surface area (Å²) in [6.07, 6.45) is 7.61. The lowest BCUT2D eigenvalue weighted by molar-refractivity contribution is -0.109. The number of rotatable bonds is 12. The van der Waals surface area contributed by atoms with Crippen molar-refractivity contribution in [3.63, 3.8) is 0 Å². The molecule has 0 aromatic heterocycles. The van der Waals surface area contributed by atoms with Gasteiger partial charge in [0, 0.05) is 18.1 Å². The van der Waals surface area contributed by atoms with Crippen molar-refractivity contribution >= 4 is 28.0 Å². The lowest BCUT2D eigenvalue weighted by atomic mass is 10.0. The summed E-state index contributed by atoms with van der Waals surface area (Å²) in [5, 5.41) is 2.66. The van der Waals surface area contributed by atoms with E-state index in [0.29, 0.717) is 0 Å². The number of nitrogens with one attached hydrogen (secondary N) is 1. The fraction of sp³-hybridized carbons (Fsp3) is 0.917. The quantitative estimate of drug-likeness (QED) is 0.330. The average molecular weight is 263 g/mol. The Bertz CT molecular complexity index is 154. The van der Waals surface area contributed by atoms with Crippen LogP contribution < -0.4 is 5.32 Å². The molecule has 0 fully saturated rings. The molecule has 0 aliphatic heterocycles. The van der Waals surface area contributed by atoms with E-state index >= 15 is 0 Å². The van der Waals surface area contributed by atoms with Crippen LogP contribution in [-0.4, -0.2) is 24.5 Å². The Morgan fingerprint density at radius 1 is 1.06 bits per heavy atom. The predicted octanol–water partition coefficient (Wildman–Crippen LogP) is 3.72. The maximum absolute atomic E-state index is 9.96. The van der Waals surface area contributed by atoms with E-state index in [4.69, 9.17) is 0 Å². The Hall–Kier alpha value is 0.170. The minimum atomic E-state index is 0.764. The van der Waals surface area contributed by atoms with Crippen molar-refractivity contribution in [2.45, 2.75) is 46.0 Å². The van der Waals surface area contributed by atoms with Crippen LogP contribution in [0.15, 0.2) is 0 Å². The molecule has 0 aromatic rings. The van der Waals surface area contributed by atoms with Crippen molar-refractivity contribution in [3.8, 4) is 0 Å². The van der Waals surface area contributed by atoms with Crippen LogP contribution in [0, 0.1) is 5.92 Å². The number of carbonyl (C=O) groups is 1. The van der Waals surface area contributed by atoms with Crippen LogP contribution in [0.5, 0.6) is 0 Å². The second-order valence-electron chi connectivity index (χ2n) is 4.31. The molecule has 1 N–H and O–H groups in total. The smallest absolute Gasteiger partial charge is 0.207 e. The van der Waals surface area contributed by atoms with Crippen LogP contribution in [0.25, 0.3) is 0 Å². The van der Waals surface area contributed by atoms with Gasteiger partial charge in [-0.15, -0.1) is 0 Å². The standard InChI is InChI=1S/C12H25NOS2/c1-12(2)7-5-3-4-6-9-15-16-10-8-13-11-14/h11-12H,3-10H2,1-2H3,(H,13,14). The summed E-state index contributed by atoms with van der Waals surface area (Å²) in [5.74, 6) is 3.11. The lowest BCUT2D eigenvalue weighted by Crippen LogP contribution is -2.13. The van der Waals surface area contributed by atoms with Gasteiger partial charge in [-0.05, 0) is 12.3 Å². The number of amides is 1. The first-order chi connectivity index (χ1) is 7.77. The number of unbranched alkanes of at least 4 members (excludes halogenated alkanes) is 3. The fourth-order valence-electron chi connectivity index (χ4n) is 1.34. The predicted molar refractivity (Wildman–Crippen MR) is 76.9 cm³/mol. The molecule has 0 aliphatic carbocycles. The second kappa shape index (κ2) is 13.2. The minimum Gasteiger partial charge on any atom is -0.358 e. The van der Waals surface area contributed by atoms with E-state index in [1.54, 1.807) is 0 Å². The highest BCUT2D eigenvalue weighted by Crippen LogP contribution is 2.22. The summed E-state index contributed by atoms with van der Waals surface area (Å²) in [6, 6.07) is 0. The molecule has 0 saturated heterocycles. The van der Waals surface area contributed by atoms with E-state index in [0.717, 1.165) is 24.6 Å². The molecule has 16 heavy (non-hydrogen) atoms. The summed E-state index contributed by atoms with van der Waals surface area (Å²) in [6.45, 7) is 5.37. The Balaban J connectivity index is 2.90. The second-order valence-corrected chi connectivity index (χ2v) is 7.01. The fourth-order valence-corrected chi connectivity index (χ4v) is 3.41. The van der Waals surface area contributed by atoms with E-state index in [1.165, 1.54) is 37.9 Å². The highest BCUT2D eigenvalue weighted by molar-refractivity contribution is 8.76. The Morgan fingerprint density at radius 3 is 2.44 bits per heavy atom. The summed E-state index contributed by atoms with van der Waals surface area (Å²) < 4.78 is 0. The molecular formula is C12H25NOS2. The van der Waals surface area contributed by atoms with Gasteiger partial charge < -0.3 is 5.32 Å². The first-order valence-corrected chi connectivity index (χ1v) is 8.67. The maximum Gasteiger partial charge on any atom is 0.207 e. The van der Waals surface area contributed by atoms with Gasteiger partial charge in [0.25, 0.3) is 0 Å². The number of hydrogen-bond acceptors (Lipinski definition) is 3. The zero-order valence-corrected chi connectivity index (χ0v) is 12.2. The number of hydrogen-bond donors (Lipinski definition) is 1. The molecule has 0 aromatic carbocycles. The third-order valence-electron chi connectivity index (χ3n) is 2.26. The van der Waals surface area contributed by atoms with Gasteiger partial charge in [-0.3, -0.25) is 4.79 Å². The van der Waals surface area contributed by atoms with Crippen LogP contribution in [0.4, 0.5) is 0 Å². The number of carbonyl (C=O) groups excluding carboxylic acids is 1. The minimum absolute atomic E-state index is 0.764. The van der Waals surface area contributed by atoms with E-state index in [-0.39, 0.29) is 0 Å². The van der Waals surface area contributed by atoms with Gasteiger partial charge >= 0.3 is 0 Å². The molecule has 1 amide bonds. The van der Waals surface area contributed by atoms with Crippen molar-refractivity contribution in [3.05, 3.63) is 0 Å². The maximum atomic E-state index is 9.96. The van der Waals surface area contributed by atoms with Gasteiger partial charge in [0.15, 0.2) is 0 Å². The zero-order chi connectivity index (χ0) is 12.1. The highest BCUT2D eigenvalue weighted by Gasteiger charge is 1.95. The van der Waals surface area contributed by atoms with Crippen molar-refractivity contribution in [2.24, 2.45) is 5.92 Å². The first-order valence-electron chi connectivity index (χ1n) is 6.18. The molecule has 0 atom stereocenters. The van der Waals surface area contributed by atoms with Crippen LogP contribution in [0.3, 0.4) is 0 Å². The molecule has 0 bridgehead atoms. The Morgan fingerprint density at radius 2 is 1.75 bits per heavy atom. The molecule has 0 spiro atoms. The SMILES string of the molecule is CC(C)CCCCCCSSCCNC=O. The zero-order valence-electron chi connectivity index (χ0n) is 10.5. The van der Waals surface area contributed by atoms with Gasteiger partial charge in [0.05, 0.1) is 0 Å². The van der Waals surface area contributed by atoms with Crippen LogP contribution in [0.2, 0.25) is 0 Å². The highest BCUT2D eigenvalue weighted by atomic mass is 33.1. The average Bonchev–Trinajstić information content (AvgIpc) is 2.25. The molecular weight excluding hydrogens is 238 g/mol. The topological polar surface area (TPSA) is 29.1 Å². The van der Waals surface area contributed by atoms with Crippen LogP contribution in [0.1, 0.15) is 46.0 Å². The molecule has 0 heterocycles. The first kappa shape index (κ1) is 16.2. The third-order valence-corrected chi connectivity index (χ3v) is 4.75. The largest absolute Gasteiger partial charge is 0.358 e. The Kier molecular flexibility index (Phi) is 13.4. The summed E-state index contributed by atoms with van der Waals surface area (Å²) in [5.41, 5.74) is 0. The molecule has 0 unspecified atom stereocenters. The van der Waals surface area contributed by atoms with Crippen LogP contribution in [-0.2, 0) is 4.79 Å². The molecule has 0 aliphatic rings. The van der Waals surface area contributed by atoms with Gasteiger partial charge in [-0.1, -0.05) is 61.1 Å². The molecule has 0 saturated carbocycles. The molecule has 2 nitrogen and oxygen atoms in total. The van der Waals surface area contributed by atoms with Crippen LogP contribution >= 0.6 is 21.6 Å². The van der Waals surface area contributed by atoms with Crippen molar-refractivity contribution in [1.82, 2.24) is 5.32 Å². The van der Waals surface area contributed by atoms with Gasteiger partial charge in [0.2, 0.25) is 6.41 Å². The summed E-state index contributed by atoms with van der Waals surface area (Å²) in [4.78, 5) is 9.96. The normalized spacial score (nSPS) is 10.7. The lowest BCUT2D eigenvalue weighted by Gasteiger charge is -2.04. The van der Waals surface area contributed by atoms with E-state index in [9.17, 15) is 4.79 Å². The van der Waals surface area contributed by atoms with Crippen molar-refractivity contribution in [2.75, 3.05) is 18.1 Å². The van der Waals surface area contributed by atoms with E-state index in [1.807, 2.05) is 21.6 Å². The third kappa shape index (κ3) is 14.2. The summed E-state index contributed by atoms with van der Waals surface area (Å²) >= 11 is 0. The molecule has 4 heteroatoms. The summed E-state index contributed by atoms with van der Waals surface area (Å²) in [7, 11) is 3.79. The van der Waals surface area contributed by atoms with Crippen molar-refractivity contribution < 1.29 is 4.79 Å².